The molecule has 162 valence electrons. The number of nitrogens with one attached hydrogen (secondary N) is 1. The van der Waals surface area contributed by atoms with Crippen LogP contribution in [0.1, 0.15) is 38.8 Å². The maximum atomic E-state index is 11.2. The van der Waals surface area contributed by atoms with Crippen LogP contribution in [0.4, 0.5) is 11.6 Å². The fraction of sp³-hybridized carbons (Fsp3) is 0.478. The molecule has 1 aliphatic heterocycles. The Morgan fingerprint density at radius 2 is 2.03 bits per heavy atom. The number of ether oxygens (including phenoxy) is 1. The third-order valence-corrected chi connectivity index (χ3v) is 5.22. The first-order chi connectivity index (χ1) is 14.3. The Kier molecular flexibility index (Phi) is 7.15. The summed E-state index contributed by atoms with van der Waals surface area (Å²) < 4.78 is 6.17. The molecule has 0 radical (unpaired) electrons. The summed E-state index contributed by atoms with van der Waals surface area (Å²) in [6.45, 7) is 7.47. The first kappa shape index (κ1) is 21.9. The van der Waals surface area contributed by atoms with Crippen molar-refractivity contribution in [3.05, 3.63) is 48.0 Å². The van der Waals surface area contributed by atoms with Crippen molar-refractivity contribution in [3.8, 4) is 5.75 Å². The molecule has 1 fully saturated rings. The molecule has 3 unspecified atom stereocenters. The molecule has 1 amide bonds. The molecule has 3 atom stereocenters. The Morgan fingerprint density at radius 3 is 2.70 bits per heavy atom. The van der Waals surface area contributed by atoms with Gasteiger partial charge in [0.1, 0.15) is 23.5 Å². The van der Waals surface area contributed by atoms with Crippen LogP contribution in [0, 0.1) is 0 Å². The van der Waals surface area contributed by atoms with Gasteiger partial charge in [0.25, 0.3) is 0 Å². The van der Waals surface area contributed by atoms with Gasteiger partial charge in [-0.05, 0) is 43.7 Å². The van der Waals surface area contributed by atoms with Crippen molar-refractivity contribution in [3.63, 3.8) is 0 Å². The molecule has 0 spiro atoms. The van der Waals surface area contributed by atoms with Crippen LogP contribution in [0.3, 0.4) is 0 Å². The molecule has 0 bridgehead atoms. The summed E-state index contributed by atoms with van der Waals surface area (Å²) in [5.41, 5.74) is 1.05. The van der Waals surface area contributed by atoms with E-state index in [2.05, 4.69) is 10.2 Å². The number of hydrogen-bond donors (Lipinski definition) is 2. The Labute approximate surface area is 178 Å². The average Bonchev–Trinajstić information content (AvgIpc) is 3.16. The van der Waals surface area contributed by atoms with Gasteiger partial charge in [-0.2, -0.15) is 0 Å². The predicted molar refractivity (Wildman–Crippen MR) is 119 cm³/mol. The largest absolute Gasteiger partial charge is 0.489 e. The summed E-state index contributed by atoms with van der Waals surface area (Å²) in [6, 6.07) is 13.8. The second-order valence-electron chi connectivity index (χ2n) is 8.05. The molecule has 0 aliphatic carbocycles. The number of likely N-dealkylation sites (N-methyl/N-ethyl adjacent to an activating group) is 1. The SMILES string of the molecule is CC(=O)NC(C)c1ccc(OC2CCN(c3cccc(N(C)CC(C)O)n3)C2)cc1. The summed E-state index contributed by atoms with van der Waals surface area (Å²) in [7, 11) is 1.94. The Morgan fingerprint density at radius 1 is 1.30 bits per heavy atom. The van der Waals surface area contributed by atoms with Gasteiger partial charge in [0, 0.05) is 33.5 Å². The lowest BCUT2D eigenvalue weighted by Gasteiger charge is -2.23. The fourth-order valence-corrected chi connectivity index (χ4v) is 3.74. The van der Waals surface area contributed by atoms with E-state index in [4.69, 9.17) is 9.72 Å². The molecule has 2 aromatic rings. The van der Waals surface area contributed by atoms with E-state index in [0.717, 1.165) is 42.5 Å². The van der Waals surface area contributed by atoms with Crippen molar-refractivity contribution in [2.24, 2.45) is 0 Å². The highest BCUT2D eigenvalue weighted by Crippen LogP contribution is 2.25. The number of aliphatic hydroxyl groups excluding tert-OH is 1. The van der Waals surface area contributed by atoms with Crippen molar-refractivity contribution >= 4 is 17.5 Å². The van der Waals surface area contributed by atoms with Crippen LogP contribution >= 0.6 is 0 Å². The summed E-state index contributed by atoms with van der Waals surface area (Å²) in [5.74, 6) is 2.57. The summed E-state index contributed by atoms with van der Waals surface area (Å²) in [5, 5.41) is 12.5. The van der Waals surface area contributed by atoms with Gasteiger partial charge >= 0.3 is 0 Å². The lowest BCUT2D eigenvalue weighted by molar-refractivity contribution is -0.119. The van der Waals surface area contributed by atoms with E-state index in [1.165, 1.54) is 6.92 Å². The normalized spacial score (nSPS) is 18.0. The van der Waals surface area contributed by atoms with Crippen LogP contribution in [-0.4, -0.2) is 54.9 Å². The number of hydrogen-bond acceptors (Lipinski definition) is 6. The quantitative estimate of drug-likeness (QED) is 0.694. The molecular weight excluding hydrogens is 380 g/mol. The first-order valence-electron chi connectivity index (χ1n) is 10.5. The molecule has 30 heavy (non-hydrogen) atoms. The first-order valence-corrected chi connectivity index (χ1v) is 10.5. The fourth-order valence-electron chi connectivity index (χ4n) is 3.74. The van der Waals surface area contributed by atoms with Gasteiger partial charge in [-0.1, -0.05) is 18.2 Å². The molecule has 2 heterocycles. The Bertz CT molecular complexity index is 841. The van der Waals surface area contributed by atoms with Gasteiger partial charge in [-0.3, -0.25) is 4.79 Å². The topological polar surface area (TPSA) is 77.9 Å². The van der Waals surface area contributed by atoms with Crippen LogP contribution < -0.4 is 19.9 Å². The number of benzene rings is 1. The lowest BCUT2D eigenvalue weighted by atomic mass is 10.1. The minimum atomic E-state index is -0.405. The highest BCUT2D eigenvalue weighted by molar-refractivity contribution is 5.73. The molecule has 7 heteroatoms. The minimum Gasteiger partial charge on any atom is -0.489 e. The standard InChI is InChI=1S/C23H32N4O3/c1-16(28)14-26(4)22-6-5-7-23(25-22)27-13-12-21(15-27)30-20-10-8-19(9-11-20)17(2)24-18(3)29/h5-11,16-17,21,28H,12-15H2,1-4H3,(H,24,29). The van der Waals surface area contributed by atoms with Gasteiger partial charge in [0.05, 0.1) is 18.7 Å². The number of pyridine rings is 1. The Hall–Kier alpha value is -2.80. The second kappa shape index (κ2) is 9.80. The van der Waals surface area contributed by atoms with Crippen molar-refractivity contribution in [1.82, 2.24) is 10.3 Å². The number of carbonyl (C=O) groups is 1. The van der Waals surface area contributed by atoms with Crippen LogP contribution in [0.5, 0.6) is 5.75 Å². The van der Waals surface area contributed by atoms with E-state index in [1.54, 1.807) is 6.92 Å². The van der Waals surface area contributed by atoms with Crippen LogP contribution in [0.2, 0.25) is 0 Å². The van der Waals surface area contributed by atoms with Gasteiger partial charge in [0.2, 0.25) is 5.91 Å². The van der Waals surface area contributed by atoms with Gasteiger partial charge in [-0.25, -0.2) is 4.98 Å². The predicted octanol–water partition coefficient (Wildman–Crippen LogP) is 2.75. The van der Waals surface area contributed by atoms with E-state index in [-0.39, 0.29) is 18.1 Å². The highest BCUT2D eigenvalue weighted by Gasteiger charge is 2.25. The van der Waals surface area contributed by atoms with Crippen molar-refractivity contribution in [2.45, 2.75) is 45.4 Å². The molecular formula is C23H32N4O3. The number of aromatic nitrogens is 1. The molecule has 1 aliphatic rings. The number of carbonyl (C=O) groups excluding carboxylic acids is 1. The average molecular weight is 413 g/mol. The molecule has 7 nitrogen and oxygen atoms in total. The van der Waals surface area contributed by atoms with Gasteiger partial charge in [0.15, 0.2) is 0 Å². The minimum absolute atomic E-state index is 0.0242. The molecule has 2 N–H and O–H groups in total. The lowest BCUT2D eigenvalue weighted by Crippen LogP contribution is -2.29. The Balaban J connectivity index is 1.57. The van der Waals surface area contributed by atoms with Crippen LogP contribution in [0.25, 0.3) is 0 Å². The van der Waals surface area contributed by atoms with E-state index in [9.17, 15) is 9.90 Å². The van der Waals surface area contributed by atoms with Crippen LogP contribution in [-0.2, 0) is 4.79 Å². The molecule has 1 saturated heterocycles. The number of amides is 1. The molecule has 0 saturated carbocycles. The van der Waals surface area contributed by atoms with E-state index >= 15 is 0 Å². The van der Waals surface area contributed by atoms with E-state index in [0.29, 0.717) is 6.54 Å². The van der Waals surface area contributed by atoms with Crippen LogP contribution in [0.15, 0.2) is 42.5 Å². The zero-order valence-electron chi connectivity index (χ0n) is 18.2. The smallest absolute Gasteiger partial charge is 0.217 e. The van der Waals surface area contributed by atoms with Gasteiger partial charge in [-0.15, -0.1) is 0 Å². The maximum Gasteiger partial charge on any atom is 0.217 e. The van der Waals surface area contributed by atoms with E-state index < -0.39 is 6.10 Å². The molecule has 1 aromatic carbocycles. The zero-order valence-corrected chi connectivity index (χ0v) is 18.2. The highest BCUT2D eigenvalue weighted by atomic mass is 16.5. The third-order valence-electron chi connectivity index (χ3n) is 5.22. The number of rotatable bonds is 8. The summed E-state index contributed by atoms with van der Waals surface area (Å²) in [4.78, 5) is 20.2. The van der Waals surface area contributed by atoms with Crippen molar-refractivity contribution < 1.29 is 14.6 Å². The number of aliphatic hydroxyl groups is 1. The van der Waals surface area contributed by atoms with Crippen molar-refractivity contribution in [2.75, 3.05) is 36.5 Å². The second-order valence-corrected chi connectivity index (χ2v) is 8.05. The summed E-state index contributed by atoms with van der Waals surface area (Å²) >= 11 is 0. The number of nitrogens with zero attached hydrogens (tertiary/aromatic N) is 3. The summed E-state index contributed by atoms with van der Waals surface area (Å²) in [6.07, 6.45) is 0.626. The van der Waals surface area contributed by atoms with Gasteiger partial charge < -0.3 is 25.0 Å². The molecule has 1 aromatic heterocycles. The monoisotopic (exact) mass is 412 g/mol. The maximum absolute atomic E-state index is 11.2. The third kappa shape index (κ3) is 5.86. The van der Waals surface area contributed by atoms with E-state index in [1.807, 2.05) is 61.3 Å². The molecule has 3 rings (SSSR count). The number of anilines is 2. The zero-order chi connectivity index (χ0) is 21.7. The van der Waals surface area contributed by atoms with Crippen molar-refractivity contribution in [1.29, 1.82) is 0 Å².